The van der Waals surface area contributed by atoms with E-state index in [1.165, 1.54) is 12.0 Å². The fourth-order valence-electron chi connectivity index (χ4n) is 3.80. The van der Waals surface area contributed by atoms with Crippen LogP contribution in [-0.4, -0.2) is 42.1 Å². The normalized spacial score (nSPS) is 16.5. The number of carbonyl (C=O) groups excluding carboxylic acids is 3. The first-order chi connectivity index (χ1) is 15.2. The molecule has 2 amide bonds. The molecule has 1 aliphatic rings. The minimum Gasteiger partial charge on any atom is -0.467 e. The SMILES string of the molecule is COC(=O)[C@@H]1Cc2ccccc2CN1C(=O)[C@@H](NC(=O)OCc1ccccc1)C(C)(C)C. The third-order valence-electron chi connectivity index (χ3n) is 5.59. The van der Waals surface area contributed by atoms with E-state index >= 15 is 0 Å². The molecule has 170 valence electrons. The lowest BCUT2D eigenvalue weighted by Gasteiger charge is -2.40. The van der Waals surface area contributed by atoms with Crippen LogP contribution < -0.4 is 5.32 Å². The number of esters is 1. The molecule has 0 aliphatic carbocycles. The predicted molar refractivity (Wildman–Crippen MR) is 120 cm³/mol. The van der Waals surface area contributed by atoms with Crippen molar-refractivity contribution in [2.24, 2.45) is 5.41 Å². The van der Waals surface area contributed by atoms with Crippen LogP contribution in [0.5, 0.6) is 0 Å². The van der Waals surface area contributed by atoms with Gasteiger partial charge in [-0.3, -0.25) is 4.79 Å². The molecule has 7 nitrogen and oxygen atoms in total. The molecule has 0 spiro atoms. The van der Waals surface area contributed by atoms with Crippen molar-refractivity contribution in [1.82, 2.24) is 10.2 Å². The fraction of sp³-hybridized carbons (Fsp3) is 0.400. The largest absolute Gasteiger partial charge is 0.467 e. The van der Waals surface area contributed by atoms with Crippen LogP contribution in [0.4, 0.5) is 4.79 Å². The lowest BCUT2D eigenvalue weighted by Crippen LogP contribution is -2.59. The molecule has 32 heavy (non-hydrogen) atoms. The maximum Gasteiger partial charge on any atom is 0.408 e. The Morgan fingerprint density at radius 3 is 2.28 bits per heavy atom. The summed E-state index contributed by atoms with van der Waals surface area (Å²) in [6, 6.07) is 15.4. The van der Waals surface area contributed by atoms with Crippen molar-refractivity contribution >= 4 is 18.0 Å². The molecule has 0 radical (unpaired) electrons. The van der Waals surface area contributed by atoms with Gasteiger partial charge >= 0.3 is 12.1 Å². The smallest absolute Gasteiger partial charge is 0.408 e. The highest BCUT2D eigenvalue weighted by molar-refractivity contribution is 5.91. The van der Waals surface area contributed by atoms with Crippen LogP contribution in [0.25, 0.3) is 0 Å². The molecule has 3 rings (SSSR count). The zero-order chi connectivity index (χ0) is 23.3. The van der Waals surface area contributed by atoms with E-state index in [1.54, 1.807) is 0 Å². The van der Waals surface area contributed by atoms with Crippen LogP contribution in [0.15, 0.2) is 54.6 Å². The first-order valence-electron chi connectivity index (χ1n) is 10.6. The van der Waals surface area contributed by atoms with Crippen LogP contribution in [0.2, 0.25) is 0 Å². The van der Waals surface area contributed by atoms with Gasteiger partial charge in [0.15, 0.2) is 0 Å². The highest BCUT2D eigenvalue weighted by Gasteiger charge is 2.42. The van der Waals surface area contributed by atoms with Gasteiger partial charge in [0.25, 0.3) is 0 Å². The summed E-state index contributed by atoms with van der Waals surface area (Å²) in [5.41, 5.74) is 2.22. The summed E-state index contributed by atoms with van der Waals surface area (Å²) < 4.78 is 10.3. The summed E-state index contributed by atoms with van der Waals surface area (Å²) in [5, 5.41) is 2.72. The highest BCUT2D eigenvalue weighted by Crippen LogP contribution is 2.28. The third kappa shape index (κ3) is 5.46. The second-order valence-electron chi connectivity index (χ2n) is 8.98. The highest BCUT2D eigenvalue weighted by atomic mass is 16.5. The second-order valence-corrected chi connectivity index (χ2v) is 8.98. The number of ether oxygens (including phenoxy) is 2. The number of carbonyl (C=O) groups is 3. The number of benzene rings is 2. The maximum absolute atomic E-state index is 13.6. The van der Waals surface area contributed by atoms with E-state index in [4.69, 9.17) is 9.47 Å². The number of nitrogens with one attached hydrogen (secondary N) is 1. The van der Waals surface area contributed by atoms with E-state index in [9.17, 15) is 14.4 Å². The lowest BCUT2D eigenvalue weighted by atomic mass is 9.84. The lowest BCUT2D eigenvalue weighted by molar-refractivity contribution is -0.155. The van der Waals surface area contributed by atoms with Gasteiger partial charge in [-0.1, -0.05) is 75.4 Å². The molecule has 0 saturated heterocycles. The van der Waals surface area contributed by atoms with E-state index in [1.807, 2.05) is 75.4 Å². The average Bonchev–Trinajstić information content (AvgIpc) is 2.79. The number of methoxy groups -OCH3 is 1. The van der Waals surface area contributed by atoms with Crippen molar-refractivity contribution in [2.45, 2.75) is 52.4 Å². The van der Waals surface area contributed by atoms with Crippen molar-refractivity contribution in [3.63, 3.8) is 0 Å². The molecule has 0 bridgehead atoms. The van der Waals surface area contributed by atoms with Crippen LogP contribution >= 0.6 is 0 Å². The summed E-state index contributed by atoms with van der Waals surface area (Å²) in [6.45, 7) is 5.94. The zero-order valence-electron chi connectivity index (χ0n) is 19.0. The Balaban J connectivity index is 1.79. The standard InChI is InChI=1S/C25H30N2O5/c1-25(2,3)21(26-24(30)32-16-17-10-6-5-7-11-17)22(28)27-15-19-13-9-8-12-18(19)14-20(27)23(29)31-4/h5-13,20-21H,14-16H2,1-4H3,(H,26,30)/t20-,21+/m0/s1. The van der Waals surface area contributed by atoms with Crippen LogP contribution in [0, 0.1) is 5.41 Å². The molecular weight excluding hydrogens is 408 g/mol. The molecule has 2 atom stereocenters. The number of rotatable bonds is 5. The van der Waals surface area contributed by atoms with Gasteiger partial charge in [-0.05, 0) is 22.1 Å². The summed E-state index contributed by atoms with van der Waals surface area (Å²) in [7, 11) is 1.31. The third-order valence-corrected chi connectivity index (χ3v) is 5.59. The minimum atomic E-state index is -0.886. The first-order valence-corrected chi connectivity index (χ1v) is 10.6. The number of hydrogen-bond acceptors (Lipinski definition) is 5. The summed E-state index contributed by atoms with van der Waals surface area (Å²) >= 11 is 0. The van der Waals surface area contributed by atoms with Gasteiger partial charge in [-0.15, -0.1) is 0 Å². The molecule has 0 unspecified atom stereocenters. The topological polar surface area (TPSA) is 84.9 Å². The molecule has 2 aromatic rings. The molecule has 1 aliphatic heterocycles. The van der Waals surface area contributed by atoms with Crippen molar-refractivity contribution in [3.05, 3.63) is 71.3 Å². The molecule has 1 N–H and O–H groups in total. The first kappa shape index (κ1) is 23.3. The Bertz CT molecular complexity index is 968. The van der Waals surface area contributed by atoms with E-state index < -0.39 is 29.6 Å². The Morgan fingerprint density at radius 2 is 1.66 bits per heavy atom. The van der Waals surface area contributed by atoms with Gasteiger partial charge < -0.3 is 19.7 Å². The molecule has 2 aromatic carbocycles. The van der Waals surface area contributed by atoms with Crippen molar-refractivity contribution < 1.29 is 23.9 Å². The van der Waals surface area contributed by atoms with E-state index in [2.05, 4.69) is 5.32 Å². The Hall–Kier alpha value is -3.35. The Labute approximate surface area is 188 Å². The van der Waals surface area contributed by atoms with Gasteiger partial charge in [-0.25, -0.2) is 9.59 Å². The van der Waals surface area contributed by atoms with Gasteiger partial charge in [0.05, 0.1) is 7.11 Å². The number of fused-ring (bicyclic) bond motifs is 1. The predicted octanol–water partition coefficient (Wildman–Crippen LogP) is 3.45. The maximum atomic E-state index is 13.6. The zero-order valence-corrected chi connectivity index (χ0v) is 19.0. The van der Waals surface area contributed by atoms with Gasteiger partial charge in [-0.2, -0.15) is 0 Å². The minimum absolute atomic E-state index is 0.0968. The second kappa shape index (κ2) is 9.85. The average molecular weight is 439 g/mol. The molecule has 7 heteroatoms. The van der Waals surface area contributed by atoms with E-state index in [0.29, 0.717) is 6.42 Å². The Morgan fingerprint density at radius 1 is 1.03 bits per heavy atom. The van der Waals surface area contributed by atoms with Crippen LogP contribution in [0.1, 0.15) is 37.5 Å². The molecule has 1 heterocycles. The summed E-state index contributed by atoms with van der Waals surface area (Å²) in [5.74, 6) is -0.828. The number of nitrogens with zero attached hydrogens (tertiary/aromatic N) is 1. The number of amides is 2. The van der Waals surface area contributed by atoms with Gasteiger partial charge in [0, 0.05) is 13.0 Å². The van der Waals surface area contributed by atoms with Crippen molar-refractivity contribution in [2.75, 3.05) is 7.11 Å². The Kier molecular flexibility index (Phi) is 7.18. The molecule has 0 aromatic heterocycles. The van der Waals surface area contributed by atoms with Crippen LogP contribution in [-0.2, 0) is 38.6 Å². The fourth-order valence-corrected chi connectivity index (χ4v) is 3.80. The van der Waals surface area contributed by atoms with E-state index in [-0.39, 0.29) is 19.1 Å². The van der Waals surface area contributed by atoms with Crippen molar-refractivity contribution in [1.29, 1.82) is 0 Å². The van der Waals surface area contributed by atoms with E-state index in [0.717, 1.165) is 16.7 Å². The summed E-state index contributed by atoms with van der Waals surface area (Å²) in [4.78, 5) is 40.2. The van der Waals surface area contributed by atoms with Crippen molar-refractivity contribution in [3.8, 4) is 0 Å². The number of hydrogen-bond donors (Lipinski definition) is 1. The summed E-state index contributed by atoms with van der Waals surface area (Å²) in [6.07, 6.45) is -0.321. The van der Waals surface area contributed by atoms with Gasteiger partial charge in [0.1, 0.15) is 18.7 Å². The quantitative estimate of drug-likeness (QED) is 0.723. The van der Waals surface area contributed by atoms with Crippen LogP contribution in [0.3, 0.4) is 0 Å². The molecule has 0 fully saturated rings. The molecular formula is C25H30N2O5. The monoisotopic (exact) mass is 438 g/mol. The molecule has 0 saturated carbocycles. The van der Waals surface area contributed by atoms with Gasteiger partial charge in [0.2, 0.25) is 5.91 Å². The number of alkyl carbamates (subject to hydrolysis) is 1.